The minimum atomic E-state index is -0.889. The molecule has 0 N–H and O–H groups in total. The smallest absolute Gasteiger partial charge is 0 e. The largest absolute Gasteiger partial charge is 0.461 e. The first-order valence-electron chi connectivity index (χ1n) is 15.2. The predicted octanol–water partition coefficient (Wildman–Crippen LogP) is 7.00. The Morgan fingerprint density at radius 2 is 0.889 bits per heavy atom. The molecule has 0 aromatic heterocycles. The fourth-order valence-corrected chi connectivity index (χ4v) is 9.93. The number of hydrogen-bond acceptors (Lipinski definition) is 3. The number of aliphatic imine (C=N–C) groups is 3. The molecule has 1 aliphatic carbocycles. The first-order chi connectivity index (χ1) is 21.8. The van der Waals surface area contributed by atoms with Crippen LogP contribution in [0.25, 0.3) is 0 Å². The summed E-state index contributed by atoms with van der Waals surface area (Å²) in [6.07, 6.45) is 12.9. The van der Waals surface area contributed by atoms with Crippen molar-refractivity contribution >= 4 is 55.7 Å². The molecule has 0 radical (unpaired) electrons. The fraction of sp³-hybridized carbons (Fsp3) is 0.237. The van der Waals surface area contributed by atoms with Gasteiger partial charge in [-0.1, -0.05) is 92.6 Å². The molecule has 2 atom stereocenters. The quantitative estimate of drug-likeness (QED) is 0.0572. The van der Waals surface area contributed by atoms with E-state index in [0.717, 1.165) is 25.2 Å². The van der Waals surface area contributed by atoms with Crippen LogP contribution in [0.2, 0.25) is 0 Å². The van der Waals surface area contributed by atoms with Crippen molar-refractivity contribution in [2.75, 3.05) is 12.3 Å². The van der Waals surface area contributed by atoms with Crippen molar-refractivity contribution in [2.24, 2.45) is 15.0 Å². The van der Waals surface area contributed by atoms with E-state index in [1.54, 1.807) is 6.21 Å². The molecule has 4 nitrogen and oxygen atoms in total. The molecule has 0 amide bonds. The van der Waals surface area contributed by atoms with E-state index >= 15 is 0 Å². The summed E-state index contributed by atoms with van der Waals surface area (Å²) in [5.41, 5.74) is 0. The van der Waals surface area contributed by atoms with E-state index in [1.165, 1.54) is 34.1 Å². The zero-order valence-corrected chi connectivity index (χ0v) is 29.1. The normalized spacial score (nSPS) is 16.1. The average Bonchev–Trinajstić information content (AvgIpc) is 3.11. The molecule has 5 rings (SSSR count). The second-order valence-corrected chi connectivity index (χ2v) is 15.4. The van der Waals surface area contributed by atoms with E-state index in [-0.39, 0.29) is 17.1 Å². The van der Waals surface area contributed by atoms with Gasteiger partial charge in [-0.3, -0.25) is 9.98 Å². The second kappa shape index (κ2) is 23.3. The van der Waals surface area contributed by atoms with Crippen molar-refractivity contribution in [3.05, 3.63) is 135 Å². The van der Waals surface area contributed by atoms with Gasteiger partial charge in [-0.25, -0.2) is 0 Å². The Morgan fingerprint density at radius 3 is 1.13 bits per heavy atom. The van der Waals surface area contributed by atoms with E-state index in [1.807, 2.05) is 6.92 Å². The van der Waals surface area contributed by atoms with Gasteiger partial charge in [0.1, 0.15) is 12.3 Å². The summed E-state index contributed by atoms with van der Waals surface area (Å²) < 4.78 is 7.50. The van der Waals surface area contributed by atoms with Crippen LogP contribution in [0.4, 0.5) is 0 Å². The number of benzene rings is 4. The fourth-order valence-electron chi connectivity index (χ4n) is 5.36. The van der Waals surface area contributed by atoms with Crippen molar-refractivity contribution in [3.8, 4) is 0 Å². The van der Waals surface area contributed by atoms with Gasteiger partial charge in [0.05, 0.1) is 49.1 Å². The first-order valence-corrected chi connectivity index (χ1v) is 18.6. The molecule has 4 aromatic rings. The predicted molar refractivity (Wildman–Crippen MR) is 197 cm³/mol. The molecule has 1 saturated carbocycles. The standard InChI is InChI=1S/C34H36N2P2.C3H6N.CO.Fe/c1-5-15-29(16-6-1)37(30-17-7-2-8-18-30)27-25-35-33-23-13-14-24-34(33)36-26-28-38(31-19-9-3-10-20-31)32-21-11-4-12-22-32;1-3-4-2;1-2;/h1-12,15-22,25-26,33-34H,13-14,23-24,27-28H2;3H,2H2,1H3;;/q;-1;;/p+2/t33-,34-;;;/m1.../s1. The molecule has 1 fully saturated rings. The first kappa shape index (κ1) is 38.1. The van der Waals surface area contributed by atoms with Crippen LogP contribution in [0.15, 0.2) is 136 Å². The van der Waals surface area contributed by atoms with E-state index in [2.05, 4.69) is 152 Å². The minimum absolute atomic E-state index is 0. The van der Waals surface area contributed by atoms with Gasteiger partial charge in [0.25, 0.3) is 0 Å². The molecule has 0 heterocycles. The van der Waals surface area contributed by atoms with Crippen LogP contribution in [0.5, 0.6) is 0 Å². The summed E-state index contributed by atoms with van der Waals surface area (Å²) >= 11 is 0. The third-order valence-electron chi connectivity index (χ3n) is 7.55. The second-order valence-electron chi connectivity index (χ2n) is 10.4. The van der Waals surface area contributed by atoms with Crippen molar-refractivity contribution in [2.45, 2.75) is 44.7 Å². The summed E-state index contributed by atoms with van der Waals surface area (Å²) in [5.74, 6) is 0. The SMILES string of the molecule is C(C[PH+](c1ccccc1)c1ccccc1)=N[C@@H]1CCCC[C@H]1N=CC[PH+](c1ccccc1)c1ccccc1.[C-]#[O+].[CH2-]N=CC.[Fe]. The van der Waals surface area contributed by atoms with Gasteiger partial charge in [-0.2, -0.15) is 13.3 Å². The van der Waals surface area contributed by atoms with Gasteiger partial charge in [0.2, 0.25) is 0 Å². The third-order valence-corrected chi connectivity index (χ3v) is 12.9. The zero-order valence-electron chi connectivity index (χ0n) is 26.0. The molecule has 7 heteroatoms. The Hall–Kier alpha value is -3.12. The van der Waals surface area contributed by atoms with Crippen LogP contribution in [0.1, 0.15) is 32.6 Å². The molecule has 0 bridgehead atoms. The Labute approximate surface area is 283 Å². The van der Waals surface area contributed by atoms with Crippen molar-refractivity contribution < 1.29 is 21.7 Å². The van der Waals surface area contributed by atoms with Gasteiger partial charge >= 0.3 is 11.3 Å². The van der Waals surface area contributed by atoms with Crippen molar-refractivity contribution in [1.29, 1.82) is 0 Å². The molecule has 45 heavy (non-hydrogen) atoms. The van der Waals surface area contributed by atoms with Gasteiger partial charge < -0.3 is 4.99 Å². The molecule has 0 spiro atoms. The molecule has 4 aromatic carbocycles. The topological polar surface area (TPSA) is 57.0 Å². The molecule has 234 valence electrons. The van der Waals surface area contributed by atoms with E-state index in [0.29, 0.717) is 12.1 Å². The van der Waals surface area contributed by atoms with Gasteiger partial charge in [-0.05, 0) is 61.4 Å². The van der Waals surface area contributed by atoms with E-state index in [4.69, 9.17) is 14.6 Å². The molecule has 1 aliphatic rings. The maximum atomic E-state index is 7.50. The molecular formula is C38H44FeN3OP2+. The van der Waals surface area contributed by atoms with Gasteiger partial charge in [-0.15, -0.1) is 0 Å². The Kier molecular flexibility index (Phi) is 19.7. The summed E-state index contributed by atoms with van der Waals surface area (Å²) in [6, 6.07) is 44.5. The van der Waals surface area contributed by atoms with Crippen LogP contribution < -0.4 is 21.2 Å². The zero-order chi connectivity index (χ0) is 31.2. The maximum Gasteiger partial charge on any atom is 0 e. The summed E-state index contributed by atoms with van der Waals surface area (Å²) in [5, 5.41) is 5.80. The summed E-state index contributed by atoms with van der Waals surface area (Å²) in [7, 11) is 1.39. The maximum absolute atomic E-state index is 7.50. The van der Waals surface area contributed by atoms with Crippen LogP contribution in [-0.4, -0.2) is 43.1 Å². The monoisotopic (exact) mass is 676 g/mol. The Balaban J connectivity index is 0.000000935. The minimum Gasteiger partial charge on any atom is -0.461 e. The number of hydrogen-bond donors (Lipinski definition) is 0. The van der Waals surface area contributed by atoms with Crippen LogP contribution in [0, 0.1) is 13.7 Å². The van der Waals surface area contributed by atoms with Crippen LogP contribution in [-0.2, 0) is 21.7 Å². The van der Waals surface area contributed by atoms with Gasteiger partial charge in [0.15, 0.2) is 0 Å². The summed E-state index contributed by atoms with van der Waals surface area (Å²) in [4.78, 5) is 13.7. The molecular weight excluding hydrogens is 632 g/mol. The number of rotatable bonds is 10. The average molecular weight is 677 g/mol. The van der Waals surface area contributed by atoms with Crippen LogP contribution in [0.3, 0.4) is 0 Å². The van der Waals surface area contributed by atoms with Crippen LogP contribution >= 0.6 is 15.8 Å². The molecule has 0 aliphatic heterocycles. The summed E-state index contributed by atoms with van der Waals surface area (Å²) in [6.45, 7) is 6.33. The van der Waals surface area contributed by atoms with Gasteiger partial charge in [0, 0.05) is 29.5 Å². The molecule has 0 unspecified atom stereocenters. The Bertz CT molecular complexity index is 1230. The third kappa shape index (κ3) is 13.0. The Morgan fingerprint density at radius 1 is 0.622 bits per heavy atom. The molecule has 0 saturated heterocycles. The van der Waals surface area contributed by atoms with E-state index in [9.17, 15) is 0 Å². The van der Waals surface area contributed by atoms with Crippen molar-refractivity contribution in [3.63, 3.8) is 0 Å². The van der Waals surface area contributed by atoms with E-state index < -0.39 is 15.8 Å². The van der Waals surface area contributed by atoms with Crippen molar-refractivity contribution in [1.82, 2.24) is 0 Å². The number of nitrogens with zero attached hydrogens (tertiary/aromatic N) is 3.